The van der Waals surface area contributed by atoms with Gasteiger partial charge in [0.1, 0.15) is 0 Å². The molecule has 1 saturated carbocycles. The number of nitrogens with zero attached hydrogens (tertiary/aromatic N) is 1. The van der Waals surface area contributed by atoms with E-state index >= 15 is 0 Å². The lowest BCUT2D eigenvalue weighted by molar-refractivity contribution is 0.173. The van der Waals surface area contributed by atoms with Crippen LogP contribution in [-0.2, 0) is 0 Å². The summed E-state index contributed by atoms with van der Waals surface area (Å²) in [6.45, 7) is 8.08. The number of likely N-dealkylation sites (N-methyl/N-ethyl adjacent to an activating group) is 1. The zero-order valence-corrected chi connectivity index (χ0v) is 11.8. The Balaban J connectivity index is 1.78. The van der Waals surface area contributed by atoms with Crippen LogP contribution in [-0.4, -0.2) is 37.6 Å². The van der Waals surface area contributed by atoms with Crippen molar-refractivity contribution in [2.75, 3.05) is 26.7 Å². The van der Waals surface area contributed by atoms with Gasteiger partial charge < -0.3 is 5.32 Å². The minimum absolute atomic E-state index is 0.835. The maximum atomic E-state index is 3.33. The van der Waals surface area contributed by atoms with Gasteiger partial charge in [-0.1, -0.05) is 18.9 Å². The average Bonchev–Trinajstić information content (AvgIpc) is 2.26. The fourth-order valence-electron chi connectivity index (χ4n) is 3.16. The van der Waals surface area contributed by atoms with Crippen LogP contribution in [0.25, 0.3) is 0 Å². The van der Waals surface area contributed by atoms with Gasteiger partial charge in [-0.25, -0.2) is 0 Å². The summed E-state index contributed by atoms with van der Waals surface area (Å²) in [7, 11) is 2.31. The van der Waals surface area contributed by atoms with Crippen molar-refractivity contribution in [2.24, 2.45) is 5.92 Å². The quantitative estimate of drug-likeness (QED) is 0.755. The summed E-state index contributed by atoms with van der Waals surface area (Å²) < 4.78 is 0. The molecule has 1 aliphatic heterocycles. The third-order valence-corrected chi connectivity index (χ3v) is 4.78. The second-order valence-corrected chi connectivity index (χ2v) is 5.99. The lowest BCUT2D eigenvalue weighted by Crippen LogP contribution is -2.39. The maximum Gasteiger partial charge on any atom is 0.0193 e. The molecule has 1 heterocycles. The van der Waals surface area contributed by atoms with E-state index in [0.717, 1.165) is 25.0 Å². The molecule has 0 amide bonds. The minimum atomic E-state index is 0.835. The van der Waals surface area contributed by atoms with Crippen molar-refractivity contribution in [3.05, 3.63) is 11.1 Å². The van der Waals surface area contributed by atoms with Gasteiger partial charge in [0.2, 0.25) is 0 Å². The lowest BCUT2D eigenvalue weighted by Gasteiger charge is -2.35. The molecule has 0 spiro atoms. The zero-order valence-electron chi connectivity index (χ0n) is 11.8. The molecule has 1 aliphatic carbocycles. The highest BCUT2D eigenvalue weighted by molar-refractivity contribution is 5.22. The van der Waals surface area contributed by atoms with Gasteiger partial charge >= 0.3 is 0 Å². The minimum Gasteiger partial charge on any atom is -0.309 e. The summed E-state index contributed by atoms with van der Waals surface area (Å²) in [5.74, 6) is 1.01. The first-order valence-electron chi connectivity index (χ1n) is 7.29. The molecule has 2 nitrogen and oxygen atoms in total. The van der Waals surface area contributed by atoms with Gasteiger partial charge in [0.25, 0.3) is 0 Å². The molecule has 2 aliphatic rings. The van der Waals surface area contributed by atoms with Gasteiger partial charge in [-0.15, -0.1) is 0 Å². The Morgan fingerprint density at radius 2 is 1.88 bits per heavy atom. The van der Waals surface area contributed by atoms with Gasteiger partial charge in [0, 0.05) is 25.7 Å². The van der Waals surface area contributed by atoms with E-state index in [0.29, 0.717) is 0 Å². The molecule has 0 atom stereocenters. The highest BCUT2D eigenvalue weighted by Gasteiger charge is 2.23. The summed E-state index contributed by atoms with van der Waals surface area (Å²) in [5, 5.41) is 3.33. The fraction of sp³-hybridized carbons (Fsp3) is 0.867. The molecular formula is C15H28N2. The lowest BCUT2D eigenvalue weighted by atomic mass is 9.84. The van der Waals surface area contributed by atoms with Crippen LogP contribution in [0.1, 0.15) is 46.0 Å². The SMILES string of the molecule is CCC1CCC(N(C)CC(C)=C2CNC2)CC1. The summed E-state index contributed by atoms with van der Waals surface area (Å²) in [5.41, 5.74) is 3.24. The largest absolute Gasteiger partial charge is 0.309 e. The predicted octanol–water partition coefficient (Wildman–Crippen LogP) is 2.81. The summed E-state index contributed by atoms with van der Waals surface area (Å²) in [6, 6.07) is 0.835. The summed E-state index contributed by atoms with van der Waals surface area (Å²) >= 11 is 0. The van der Waals surface area contributed by atoms with Crippen LogP contribution in [0.4, 0.5) is 0 Å². The summed E-state index contributed by atoms with van der Waals surface area (Å²) in [4.78, 5) is 2.59. The second kappa shape index (κ2) is 6.01. The predicted molar refractivity (Wildman–Crippen MR) is 74.2 cm³/mol. The molecule has 0 aromatic carbocycles. The van der Waals surface area contributed by atoms with Crippen molar-refractivity contribution in [2.45, 2.75) is 52.0 Å². The van der Waals surface area contributed by atoms with Crippen molar-refractivity contribution in [3.63, 3.8) is 0 Å². The van der Waals surface area contributed by atoms with Gasteiger partial charge in [-0.3, -0.25) is 4.90 Å². The van der Waals surface area contributed by atoms with E-state index in [1.807, 2.05) is 0 Å². The first-order chi connectivity index (χ1) is 8.20. The molecule has 2 heteroatoms. The van der Waals surface area contributed by atoms with Crippen molar-refractivity contribution in [1.82, 2.24) is 10.2 Å². The van der Waals surface area contributed by atoms with Crippen molar-refractivity contribution in [3.8, 4) is 0 Å². The van der Waals surface area contributed by atoms with Crippen LogP contribution in [0.2, 0.25) is 0 Å². The Bertz CT molecular complexity index is 269. The van der Waals surface area contributed by atoms with Crippen molar-refractivity contribution in [1.29, 1.82) is 0 Å². The Labute approximate surface area is 106 Å². The van der Waals surface area contributed by atoms with E-state index in [1.165, 1.54) is 38.6 Å². The molecule has 1 N–H and O–H groups in total. The second-order valence-electron chi connectivity index (χ2n) is 5.99. The van der Waals surface area contributed by atoms with E-state index < -0.39 is 0 Å². The number of nitrogens with one attached hydrogen (secondary N) is 1. The number of hydrogen-bond acceptors (Lipinski definition) is 2. The molecule has 0 unspecified atom stereocenters. The molecule has 1 saturated heterocycles. The standard InChI is InChI=1S/C15H28N2/c1-4-13-5-7-15(8-6-13)17(3)11-12(2)14-9-16-10-14/h13,15-16H,4-11H2,1-3H3. The van der Waals surface area contributed by atoms with Crippen LogP contribution >= 0.6 is 0 Å². The molecule has 98 valence electrons. The molecule has 0 bridgehead atoms. The van der Waals surface area contributed by atoms with E-state index in [2.05, 4.69) is 31.1 Å². The first-order valence-corrected chi connectivity index (χ1v) is 7.29. The monoisotopic (exact) mass is 236 g/mol. The molecular weight excluding hydrogens is 208 g/mol. The zero-order chi connectivity index (χ0) is 12.3. The fourth-order valence-corrected chi connectivity index (χ4v) is 3.16. The van der Waals surface area contributed by atoms with Gasteiger partial charge in [-0.05, 0) is 51.1 Å². The Morgan fingerprint density at radius 3 is 2.35 bits per heavy atom. The Kier molecular flexibility index (Phi) is 4.63. The van der Waals surface area contributed by atoms with E-state index in [1.54, 1.807) is 11.1 Å². The maximum absolute atomic E-state index is 3.33. The molecule has 0 radical (unpaired) electrons. The topological polar surface area (TPSA) is 15.3 Å². The normalized spacial score (nSPS) is 29.3. The Hall–Kier alpha value is -0.340. The van der Waals surface area contributed by atoms with E-state index in [4.69, 9.17) is 0 Å². The molecule has 0 aromatic rings. The van der Waals surface area contributed by atoms with Crippen LogP contribution in [0.15, 0.2) is 11.1 Å². The van der Waals surface area contributed by atoms with Crippen LogP contribution in [0.5, 0.6) is 0 Å². The molecule has 2 fully saturated rings. The Morgan fingerprint density at radius 1 is 1.24 bits per heavy atom. The van der Waals surface area contributed by atoms with Gasteiger partial charge in [-0.2, -0.15) is 0 Å². The van der Waals surface area contributed by atoms with Gasteiger partial charge in [0.05, 0.1) is 0 Å². The van der Waals surface area contributed by atoms with Gasteiger partial charge in [0.15, 0.2) is 0 Å². The summed E-state index contributed by atoms with van der Waals surface area (Å²) in [6.07, 6.45) is 7.10. The van der Waals surface area contributed by atoms with E-state index in [-0.39, 0.29) is 0 Å². The average molecular weight is 236 g/mol. The third-order valence-electron chi connectivity index (χ3n) is 4.78. The molecule has 2 rings (SSSR count). The molecule has 17 heavy (non-hydrogen) atoms. The smallest absolute Gasteiger partial charge is 0.0193 e. The van der Waals surface area contributed by atoms with Crippen LogP contribution in [0.3, 0.4) is 0 Å². The first kappa shape index (κ1) is 13.1. The van der Waals surface area contributed by atoms with Crippen molar-refractivity contribution < 1.29 is 0 Å². The highest BCUT2D eigenvalue weighted by atomic mass is 15.1. The van der Waals surface area contributed by atoms with Crippen LogP contribution < -0.4 is 5.32 Å². The van der Waals surface area contributed by atoms with E-state index in [9.17, 15) is 0 Å². The van der Waals surface area contributed by atoms with Crippen molar-refractivity contribution >= 4 is 0 Å². The number of hydrogen-bond donors (Lipinski definition) is 1. The third kappa shape index (κ3) is 3.32. The number of rotatable bonds is 4. The molecule has 0 aromatic heterocycles. The van der Waals surface area contributed by atoms with Crippen LogP contribution in [0, 0.1) is 5.92 Å². The highest BCUT2D eigenvalue weighted by Crippen LogP contribution is 2.29.